The number of anilines is 2. The molecular weight excluding hydrogens is 327 g/mol. The van der Waals surface area contributed by atoms with Crippen LogP contribution < -0.4 is 20.3 Å². The molecule has 2 nitrogen and oxygen atoms in total. The van der Waals surface area contributed by atoms with Crippen LogP contribution in [0.4, 0.5) is 11.4 Å². The molecule has 0 atom stereocenters. The molecule has 4 aromatic rings. The van der Waals surface area contributed by atoms with Crippen LogP contribution in [-0.4, -0.2) is 6.85 Å². The quantitative estimate of drug-likeness (QED) is 0.309. The van der Waals surface area contributed by atoms with Gasteiger partial charge in [0.05, 0.1) is 5.56 Å². The molecule has 0 saturated heterocycles. The third kappa shape index (κ3) is 1.57. The second kappa shape index (κ2) is 4.69. The van der Waals surface area contributed by atoms with Crippen molar-refractivity contribution < 1.29 is 4.57 Å². The van der Waals surface area contributed by atoms with E-state index in [4.69, 9.17) is 0 Å². The van der Waals surface area contributed by atoms with Crippen LogP contribution in [-0.2, 0) is 6.54 Å². The average molecular weight is 343 g/mol. The molecule has 0 saturated carbocycles. The summed E-state index contributed by atoms with van der Waals surface area (Å²) in [6.45, 7) is 1.19. The number of pyridine rings is 1. The Labute approximate surface area is 158 Å². The van der Waals surface area contributed by atoms with E-state index in [0.29, 0.717) is 0 Å². The lowest BCUT2D eigenvalue weighted by Gasteiger charge is -2.41. The number of hydrogen-bond donors (Lipinski definition) is 0. The van der Waals surface area contributed by atoms with Crippen molar-refractivity contribution in [3.05, 3.63) is 90.6 Å². The Kier molecular flexibility index (Phi) is 2.40. The van der Waals surface area contributed by atoms with E-state index in [2.05, 4.69) is 94.4 Å². The van der Waals surface area contributed by atoms with E-state index in [1.807, 2.05) is 0 Å². The molecule has 0 bridgehead atoms. The van der Waals surface area contributed by atoms with Crippen molar-refractivity contribution in [1.29, 1.82) is 0 Å². The van der Waals surface area contributed by atoms with Gasteiger partial charge in [-0.15, -0.1) is 0 Å². The monoisotopic (exact) mass is 343 g/mol. The van der Waals surface area contributed by atoms with Crippen LogP contribution in [0.5, 0.6) is 0 Å². The average Bonchev–Trinajstić information content (AvgIpc) is 3.12. The van der Waals surface area contributed by atoms with Crippen molar-refractivity contribution in [2.75, 3.05) is 4.81 Å². The van der Waals surface area contributed by atoms with Gasteiger partial charge in [0.1, 0.15) is 0 Å². The minimum atomic E-state index is 0.222. The van der Waals surface area contributed by atoms with Gasteiger partial charge in [0, 0.05) is 34.0 Å². The highest BCUT2D eigenvalue weighted by molar-refractivity contribution is 6.92. The van der Waals surface area contributed by atoms with Crippen LogP contribution in [0.3, 0.4) is 0 Å². The number of para-hydroxylation sites is 1. The second-order valence-electron chi connectivity index (χ2n) is 7.63. The predicted molar refractivity (Wildman–Crippen MR) is 110 cm³/mol. The van der Waals surface area contributed by atoms with E-state index in [1.54, 1.807) is 0 Å². The molecule has 7 rings (SSSR count). The van der Waals surface area contributed by atoms with E-state index in [0.717, 1.165) is 6.54 Å². The van der Waals surface area contributed by atoms with E-state index < -0.39 is 0 Å². The van der Waals surface area contributed by atoms with Gasteiger partial charge >= 0.3 is 6.85 Å². The molecule has 0 N–H and O–H groups in total. The Bertz CT molecular complexity index is 1180. The molecule has 3 aliphatic heterocycles. The van der Waals surface area contributed by atoms with Crippen molar-refractivity contribution in [1.82, 2.24) is 0 Å². The van der Waals surface area contributed by atoms with E-state index in [9.17, 15) is 0 Å². The highest BCUT2D eigenvalue weighted by atomic mass is 15.1. The number of aromatic nitrogens is 1. The lowest BCUT2D eigenvalue weighted by Crippen LogP contribution is -2.61. The molecule has 0 aliphatic carbocycles. The molecule has 0 fully saturated rings. The summed E-state index contributed by atoms with van der Waals surface area (Å²) in [5.74, 6) is 0. The maximum Gasteiger partial charge on any atom is 0.335 e. The second-order valence-corrected chi connectivity index (χ2v) is 7.63. The first-order chi connectivity index (χ1) is 13.4. The smallest absolute Gasteiger partial charge is 0.335 e. The van der Waals surface area contributed by atoms with Gasteiger partial charge in [-0.3, -0.25) is 0 Å². The molecule has 3 heteroatoms. The zero-order chi connectivity index (χ0) is 17.5. The van der Waals surface area contributed by atoms with Gasteiger partial charge in [-0.2, -0.15) is 4.57 Å². The lowest BCUT2D eigenvalue weighted by molar-refractivity contribution is -0.671. The first-order valence-corrected chi connectivity index (χ1v) is 9.54. The fourth-order valence-corrected chi connectivity index (χ4v) is 5.33. The maximum absolute atomic E-state index is 2.56. The first-order valence-electron chi connectivity index (χ1n) is 9.54. The van der Waals surface area contributed by atoms with E-state index in [1.165, 1.54) is 50.2 Å². The Morgan fingerprint density at radius 1 is 0.704 bits per heavy atom. The highest BCUT2D eigenvalue weighted by Crippen LogP contribution is 2.46. The molecule has 3 aliphatic rings. The molecule has 1 aromatic heterocycles. The number of fused-ring (bicyclic) bond motifs is 8. The van der Waals surface area contributed by atoms with Crippen LogP contribution in [0, 0.1) is 0 Å². The lowest BCUT2D eigenvalue weighted by atomic mass is 9.44. The van der Waals surface area contributed by atoms with Crippen LogP contribution >= 0.6 is 0 Å². The van der Waals surface area contributed by atoms with Gasteiger partial charge in [-0.05, 0) is 23.2 Å². The third-order valence-electron chi connectivity index (χ3n) is 6.33. The SMILES string of the molecule is c1ccc2c(c1)B1c3ccc[n+]4c3-c3c(cccc3N1c1ccccc1-2)C4. The molecule has 4 heterocycles. The predicted octanol–water partition coefficient (Wildman–Crippen LogP) is 3.24. The van der Waals surface area contributed by atoms with Gasteiger partial charge in [-0.25, -0.2) is 0 Å². The summed E-state index contributed by atoms with van der Waals surface area (Å²) >= 11 is 0. The number of rotatable bonds is 0. The summed E-state index contributed by atoms with van der Waals surface area (Å²) in [6, 6.07) is 29.1. The Hall–Kier alpha value is -3.33. The summed E-state index contributed by atoms with van der Waals surface area (Å²) in [5, 5.41) is 0. The summed E-state index contributed by atoms with van der Waals surface area (Å²) in [7, 11) is 0. The maximum atomic E-state index is 2.56. The molecule has 0 amide bonds. The van der Waals surface area contributed by atoms with Crippen molar-refractivity contribution in [2.45, 2.75) is 6.54 Å². The topological polar surface area (TPSA) is 7.12 Å². The highest BCUT2D eigenvalue weighted by Gasteiger charge is 2.47. The van der Waals surface area contributed by atoms with E-state index >= 15 is 0 Å². The van der Waals surface area contributed by atoms with Crippen LogP contribution in [0.2, 0.25) is 0 Å². The number of benzene rings is 3. The van der Waals surface area contributed by atoms with Crippen molar-refractivity contribution in [2.24, 2.45) is 0 Å². The Morgan fingerprint density at radius 3 is 2.44 bits per heavy atom. The minimum Gasteiger partial charge on any atom is -0.376 e. The molecular formula is C24H16BN2+. The molecule has 124 valence electrons. The summed E-state index contributed by atoms with van der Waals surface area (Å²) < 4.78 is 2.42. The normalized spacial score (nSPS) is 14.4. The van der Waals surface area contributed by atoms with Gasteiger partial charge in [0.2, 0.25) is 5.69 Å². The van der Waals surface area contributed by atoms with Gasteiger partial charge in [0.25, 0.3) is 0 Å². The van der Waals surface area contributed by atoms with E-state index in [-0.39, 0.29) is 6.85 Å². The summed E-state index contributed by atoms with van der Waals surface area (Å²) in [4.78, 5) is 2.56. The van der Waals surface area contributed by atoms with Gasteiger partial charge in [0.15, 0.2) is 12.7 Å². The number of hydrogen-bond acceptors (Lipinski definition) is 1. The van der Waals surface area contributed by atoms with Gasteiger partial charge < -0.3 is 4.81 Å². The fourth-order valence-electron chi connectivity index (χ4n) is 5.33. The van der Waals surface area contributed by atoms with Crippen molar-refractivity contribution in [3.63, 3.8) is 0 Å². The van der Waals surface area contributed by atoms with Crippen LogP contribution in [0.15, 0.2) is 85.1 Å². The largest absolute Gasteiger partial charge is 0.376 e. The van der Waals surface area contributed by atoms with Crippen molar-refractivity contribution in [3.8, 4) is 22.4 Å². The van der Waals surface area contributed by atoms with Gasteiger partial charge in [-0.1, -0.05) is 60.7 Å². The standard InChI is InChI=1S/C24H16BN2/c1-3-10-19-17(8-1)18-9-2-4-12-21(18)27-22-13-5-7-16-15-26-14-6-11-20(25(19)27)24(26)23(16)22/h1-14H,15H2/q+1. The first kappa shape index (κ1) is 13.8. The summed E-state index contributed by atoms with van der Waals surface area (Å²) in [6.07, 6.45) is 2.22. The molecule has 3 aromatic carbocycles. The zero-order valence-corrected chi connectivity index (χ0v) is 14.8. The molecule has 0 radical (unpaired) electrons. The molecule has 0 unspecified atom stereocenters. The summed E-state index contributed by atoms with van der Waals surface area (Å²) in [5.41, 5.74) is 12.4. The Morgan fingerprint density at radius 2 is 1.48 bits per heavy atom. The van der Waals surface area contributed by atoms with Crippen molar-refractivity contribution >= 4 is 29.1 Å². The molecule has 0 spiro atoms. The third-order valence-corrected chi connectivity index (χ3v) is 6.33. The van der Waals surface area contributed by atoms with Crippen LogP contribution in [0.25, 0.3) is 22.4 Å². The zero-order valence-electron chi connectivity index (χ0n) is 14.8. The minimum absolute atomic E-state index is 0.222. The fraction of sp³-hybridized carbons (Fsp3) is 0.0417. The van der Waals surface area contributed by atoms with Crippen LogP contribution in [0.1, 0.15) is 5.56 Å². The number of nitrogens with zero attached hydrogens (tertiary/aromatic N) is 2. The molecule has 27 heavy (non-hydrogen) atoms. The Balaban J connectivity index is 1.67.